The fraction of sp³-hybridized carbons (Fsp3) is 0.850. The Balaban J connectivity index is 4.32. The Morgan fingerprint density at radius 1 is 0.303 bits per heavy atom. The van der Waals surface area contributed by atoms with E-state index in [9.17, 15) is 14.4 Å². The summed E-state index contributed by atoms with van der Waals surface area (Å²) in [4.78, 5) is 38.1. The fourth-order valence-corrected chi connectivity index (χ4v) is 8.47. The van der Waals surface area contributed by atoms with E-state index in [4.69, 9.17) is 14.2 Å². The molecule has 0 unspecified atom stereocenters. The van der Waals surface area contributed by atoms with Crippen molar-refractivity contribution < 1.29 is 28.6 Å². The van der Waals surface area contributed by atoms with Crippen LogP contribution in [0.1, 0.15) is 310 Å². The number of hydrogen-bond donors (Lipinski definition) is 0. The van der Waals surface area contributed by atoms with E-state index < -0.39 is 6.10 Å². The number of allylic oxidation sites excluding steroid dienone is 6. The molecule has 0 aromatic heterocycles. The number of unbranched alkanes of at least 4 members (excludes halogenated alkanes) is 36. The smallest absolute Gasteiger partial charge is 0.306 e. The second kappa shape index (κ2) is 55.2. The van der Waals surface area contributed by atoms with E-state index in [-0.39, 0.29) is 31.1 Å². The molecular formula is C60H110O6. The van der Waals surface area contributed by atoms with Gasteiger partial charge in [0, 0.05) is 19.3 Å². The zero-order valence-electron chi connectivity index (χ0n) is 44.2. The van der Waals surface area contributed by atoms with E-state index in [0.717, 1.165) is 77.0 Å². The van der Waals surface area contributed by atoms with Crippen LogP contribution in [0.5, 0.6) is 0 Å². The van der Waals surface area contributed by atoms with Crippen LogP contribution in [0.25, 0.3) is 0 Å². The van der Waals surface area contributed by atoms with Gasteiger partial charge in [-0.2, -0.15) is 0 Å². The molecule has 0 radical (unpaired) electrons. The maximum absolute atomic E-state index is 12.8. The van der Waals surface area contributed by atoms with Gasteiger partial charge in [0.15, 0.2) is 6.10 Å². The molecule has 6 heteroatoms. The Hall–Kier alpha value is -2.37. The van der Waals surface area contributed by atoms with Gasteiger partial charge in [0.2, 0.25) is 0 Å². The molecule has 6 nitrogen and oxygen atoms in total. The lowest BCUT2D eigenvalue weighted by atomic mass is 10.0. The minimum atomic E-state index is -0.776. The molecular weight excluding hydrogens is 817 g/mol. The molecule has 0 bridgehead atoms. The normalized spacial score (nSPS) is 12.2. The SMILES string of the molecule is CCCCC/C=C\C/C=C\CCCCCCCCCC(=O)O[C@H](COC(=O)CCCCCCC/C=C\CCCCC)COC(=O)CCCCCCCCCCCCCCCCCCCCC. The van der Waals surface area contributed by atoms with Crippen LogP contribution in [-0.4, -0.2) is 37.2 Å². The highest BCUT2D eigenvalue weighted by Gasteiger charge is 2.19. The Bertz CT molecular complexity index is 1110. The lowest BCUT2D eigenvalue weighted by molar-refractivity contribution is -0.167. The van der Waals surface area contributed by atoms with Crippen molar-refractivity contribution >= 4 is 17.9 Å². The second-order valence-electron chi connectivity index (χ2n) is 19.6. The minimum absolute atomic E-state index is 0.0744. The van der Waals surface area contributed by atoms with E-state index in [2.05, 4.69) is 57.2 Å². The molecule has 0 aliphatic rings. The van der Waals surface area contributed by atoms with E-state index in [0.29, 0.717) is 19.3 Å². The Labute approximate surface area is 410 Å². The molecule has 0 amide bonds. The van der Waals surface area contributed by atoms with Crippen molar-refractivity contribution in [2.45, 2.75) is 316 Å². The summed E-state index contributed by atoms with van der Waals surface area (Å²) >= 11 is 0. The van der Waals surface area contributed by atoms with Crippen molar-refractivity contribution in [1.82, 2.24) is 0 Å². The zero-order chi connectivity index (χ0) is 47.9. The molecule has 0 aromatic rings. The number of esters is 3. The third-order valence-electron chi connectivity index (χ3n) is 12.9. The van der Waals surface area contributed by atoms with Crippen LogP contribution < -0.4 is 0 Å². The van der Waals surface area contributed by atoms with E-state index in [1.54, 1.807) is 0 Å². The Kier molecular flexibility index (Phi) is 53.2. The molecule has 0 saturated heterocycles. The van der Waals surface area contributed by atoms with Gasteiger partial charge in [-0.15, -0.1) is 0 Å². The first-order chi connectivity index (χ1) is 32.5. The number of ether oxygens (including phenoxy) is 3. The van der Waals surface area contributed by atoms with Crippen LogP contribution in [-0.2, 0) is 28.6 Å². The highest BCUT2D eigenvalue weighted by atomic mass is 16.6. The predicted octanol–water partition coefficient (Wildman–Crippen LogP) is 19.3. The van der Waals surface area contributed by atoms with Gasteiger partial charge in [0.05, 0.1) is 0 Å². The van der Waals surface area contributed by atoms with Gasteiger partial charge >= 0.3 is 17.9 Å². The second-order valence-corrected chi connectivity index (χ2v) is 19.6. The highest BCUT2D eigenvalue weighted by molar-refractivity contribution is 5.71. The standard InChI is InChI=1S/C60H110O6/c1-4-7-10-13-16-19-22-25-27-29-30-32-33-35-38-41-44-47-50-53-59(62)65-56-57(55-64-58(61)52-49-46-43-40-37-24-21-18-15-12-9-6-3)66-60(63)54-51-48-45-42-39-36-34-31-28-26-23-20-17-14-11-8-5-2/h17-18,20-21,26,28,57H,4-16,19,22-25,27,29-56H2,1-3H3/b20-17-,21-18-,28-26-/t57-/m1/s1. The van der Waals surface area contributed by atoms with Gasteiger partial charge in [-0.05, 0) is 77.0 Å². The summed E-state index contributed by atoms with van der Waals surface area (Å²) in [5.41, 5.74) is 0. The molecule has 0 fully saturated rings. The Morgan fingerprint density at radius 2 is 0.545 bits per heavy atom. The lowest BCUT2D eigenvalue weighted by Crippen LogP contribution is -2.30. The summed E-state index contributed by atoms with van der Waals surface area (Å²) < 4.78 is 16.9. The summed E-state index contributed by atoms with van der Waals surface area (Å²) in [6.45, 7) is 6.62. The molecule has 1 atom stereocenters. The fourth-order valence-electron chi connectivity index (χ4n) is 8.47. The largest absolute Gasteiger partial charge is 0.462 e. The van der Waals surface area contributed by atoms with E-state index >= 15 is 0 Å². The molecule has 0 saturated carbocycles. The molecule has 0 N–H and O–H groups in total. The van der Waals surface area contributed by atoms with Crippen molar-refractivity contribution in [3.05, 3.63) is 36.5 Å². The summed E-state index contributed by atoms with van der Waals surface area (Å²) in [7, 11) is 0. The lowest BCUT2D eigenvalue weighted by Gasteiger charge is -2.18. The monoisotopic (exact) mass is 927 g/mol. The molecule has 0 aromatic carbocycles. The molecule has 0 heterocycles. The molecule has 0 spiro atoms. The summed E-state index contributed by atoms with van der Waals surface area (Å²) in [6.07, 6.45) is 65.6. The van der Waals surface area contributed by atoms with Gasteiger partial charge < -0.3 is 14.2 Å². The van der Waals surface area contributed by atoms with Crippen LogP contribution in [0.15, 0.2) is 36.5 Å². The quantitative estimate of drug-likeness (QED) is 0.0262. The first-order valence-electron chi connectivity index (χ1n) is 29.0. The van der Waals surface area contributed by atoms with Crippen LogP contribution in [0, 0.1) is 0 Å². The van der Waals surface area contributed by atoms with Crippen LogP contribution in [0.4, 0.5) is 0 Å². The van der Waals surface area contributed by atoms with Crippen LogP contribution in [0.3, 0.4) is 0 Å². The van der Waals surface area contributed by atoms with Gasteiger partial charge in [-0.25, -0.2) is 0 Å². The number of rotatable bonds is 53. The molecule has 66 heavy (non-hydrogen) atoms. The van der Waals surface area contributed by atoms with Crippen molar-refractivity contribution in [3.63, 3.8) is 0 Å². The third-order valence-corrected chi connectivity index (χ3v) is 12.9. The molecule has 0 rings (SSSR count). The topological polar surface area (TPSA) is 78.9 Å². The first-order valence-corrected chi connectivity index (χ1v) is 29.0. The van der Waals surface area contributed by atoms with Crippen molar-refractivity contribution in [2.75, 3.05) is 13.2 Å². The Morgan fingerprint density at radius 3 is 0.879 bits per heavy atom. The highest BCUT2D eigenvalue weighted by Crippen LogP contribution is 2.17. The van der Waals surface area contributed by atoms with E-state index in [1.165, 1.54) is 193 Å². The number of hydrogen-bond acceptors (Lipinski definition) is 6. The van der Waals surface area contributed by atoms with Gasteiger partial charge in [0.1, 0.15) is 13.2 Å². The molecule has 0 aliphatic carbocycles. The first kappa shape index (κ1) is 63.6. The van der Waals surface area contributed by atoms with Gasteiger partial charge in [-0.1, -0.05) is 250 Å². The maximum atomic E-state index is 12.8. The minimum Gasteiger partial charge on any atom is -0.462 e. The van der Waals surface area contributed by atoms with E-state index in [1.807, 2.05) is 0 Å². The van der Waals surface area contributed by atoms with Crippen molar-refractivity contribution in [1.29, 1.82) is 0 Å². The number of carbonyl (C=O) groups is 3. The molecule has 0 aliphatic heterocycles. The summed E-state index contributed by atoms with van der Waals surface area (Å²) in [5.74, 6) is -0.875. The summed E-state index contributed by atoms with van der Waals surface area (Å²) in [6, 6.07) is 0. The molecule has 386 valence electrons. The zero-order valence-corrected chi connectivity index (χ0v) is 44.2. The predicted molar refractivity (Wildman–Crippen MR) is 284 cm³/mol. The average molecular weight is 928 g/mol. The van der Waals surface area contributed by atoms with Crippen molar-refractivity contribution in [2.24, 2.45) is 0 Å². The van der Waals surface area contributed by atoms with Crippen LogP contribution >= 0.6 is 0 Å². The van der Waals surface area contributed by atoms with Gasteiger partial charge in [0.25, 0.3) is 0 Å². The van der Waals surface area contributed by atoms with Crippen molar-refractivity contribution in [3.8, 4) is 0 Å². The average Bonchev–Trinajstić information content (AvgIpc) is 3.31. The maximum Gasteiger partial charge on any atom is 0.306 e. The third kappa shape index (κ3) is 52.6. The number of carbonyl (C=O) groups excluding carboxylic acids is 3. The van der Waals surface area contributed by atoms with Gasteiger partial charge in [-0.3, -0.25) is 14.4 Å². The van der Waals surface area contributed by atoms with Crippen LogP contribution in [0.2, 0.25) is 0 Å². The summed E-state index contributed by atoms with van der Waals surface area (Å²) in [5, 5.41) is 0.